The Kier molecular flexibility index (Phi) is 6.94. The molecule has 38 heavy (non-hydrogen) atoms. The summed E-state index contributed by atoms with van der Waals surface area (Å²) in [6, 6.07) is 15.2. The quantitative estimate of drug-likeness (QED) is 0.313. The Morgan fingerprint density at radius 1 is 0.868 bits per heavy atom. The summed E-state index contributed by atoms with van der Waals surface area (Å²) in [5, 5.41) is 3.90. The Hall–Kier alpha value is -4.12. The number of rotatable bonds is 5. The zero-order valence-electron chi connectivity index (χ0n) is 19.9. The highest BCUT2D eigenvalue weighted by Crippen LogP contribution is 2.32. The van der Waals surface area contributed by atoms with E-state index < -0.39 is 23.4 Å². The maximum atomic E-state index is 13.5. The van der Waals surface area contributed by atoms with E-state index in [1.165, 1.54) is 18.2 Å². The smallest absolute Gasteiger partial charge is 0.336 e. The van der Waals surface area contributed by atoms with E-state index >= 15 is 0 Å². The van der Waals surface area contributed by atoms with E-state index in [0.717, 1.165) is 29.8 Å². The van der Waals surface area contributed by atoms with Crippen molar-refractivity contribution in [3.8, 4) is 22.8 Å². The van der Waals surface area contributed by atoms with Crippen LogP contribution in [-0.4, -0.2) is 52.0 Å². The number of amides is 1. The fraction of sp³-hybridized carbons (Fsp3) is 0.222. The molecule has 1 fully saturated rings. The van der Waals surface area contributed by atoms with Crippen molar-refractivity contribution in [3.05, 3.63) is 95.1 Å². The second-order valence-electron chi connectivity index (χ2n) is 8.90. The number of nitrogens with zero attached hydrogens (tertiary/aromatic N) is 4. The van der Waals surface area contributed by atoms with Crippen molar-refractivity contribution in [2.75, 3.05) is 26.2 Å². The maximum absolute atomic E-state index is 13.5. The highest BCUT2D eigenvalue weighted by atomic mass is 19.4. The highest BCUT2D eigenvalue weighted by Gasteiger charge is 2.31. The molecule has 0 unspecified atom stereocenters. The first-order chi connectivity index (χ1) is 18.2. The molecular formula is C27H21F5N4O2. The van der Waals surface area contributed by atoms with Crippen LogP contribution >= 0.6 is 0 Å². The lowest BCUT2D eigenvalue weighted by Crippen LogP contribution is -2.48. The van der Waals surface area contributed by atoms with Crippen LogP contribution in [0.1, 0.15) is 21.5 Å². The number of benzene rings is 3. The van der Waals surface area contributed by atoms with Gasteiger partial charge in [-0.15, -0.1) is 0 Å². The molecule has 0 atom stereocenters. The van der Waals surface area contributed by atoms with Crippen molar-refractivity contribution in [1.82, 2.24) is 19.9 Å². The Morgan fingerprint density at radius 3 is 2.29 bits per heavy atom. The zero-order chi connectivity index (χ0) is 26.9. The van der Waals surface area contributed by atoms with Gasteiger partial charge in [-0.2, -0.15) is 18.2 Å². The zero-order valence-corrected chi connectivity index (χ0v) is 19.9. The fourth-order valence-corrected chi connectivity index (χ4v) is 4.22. The molecule has 0 spiro atoms. The number of hydrogen-bond donors (Lipinski definition) is 0. The van der Waals surface area contributed by atoms with E-state index in [2.05, 4.69) is 15.0 Å². The van der Waals surface area contributed by atoms with E-state index in [9.17, 15) is 26.7 Å². The second kappa shape index (κ2) is 10.3. The predicted molar refractivity (Wildman–Crippen MR) is 128 cm³/mol. The molecule has 4 aromatic rings. The minimum absolute atomic E-state index is 0.00836. The van der Waals surface area contributed by atoms with Crippen LogP contribution < -0.4 is 0 Å². The Bertz CT molecular complexity index is 1440. The summed E-state index contributed by atoms with van der Waals surface area (Å²) >= 11 is 0. The van der Waals surface area contributed by atoms with Gasteiger partial charge in [-0.3, -0.25) is 9.69 Å². The van der Waals surface area contributed by atoms with Gasteiger partial charge in [0, 0.05) is 49.4 Å². The monoisotopic (exact) mass is 528 g/mol. The molecule has 3 aromatic carbocycles. The fourth-order valence-electron chi connectivity index (χ4n) is 4.22. The lowest BCUT2D eigenvalue weighted by molar-refractivity contribution is -0.137. The van der Waals surface area contributed by atoms with Crippen LogP contribution in [0.15, 0.2) is 71.3 Å². The molecular weight excluding hydrogens is 507 g/mol. The minimum atomic E-state index is -4.47. The third-order valence-electron chi connectivity index (χ3n) is 6.31. The molecule has 0 aliphatic carbocycles. The average Bonchev–Trinajstić information content (AvgIpc) is 3.41. The third kappa shape index (κ3) is 5.57. The second-order valence-corrected chi connectivity index (χ2v) is 8.90. The number of hydrogen-bond acceptors (Lipinski definition) is 5. The average molecular weight is 528 g/mol. The van der Waals surface area contributed by atoms with Crippen LogP contribution in [0.5, 0.6) is 0 Å². The lowest BCUT2D eigenvalue weighted by atomic mass is 10.1. The van der Waals surface area contributed by atoms with E-state index in [0.29, 0.717) is 38.3 Å². The molecule has 0 saturated carbocycles. The summed E-state index contributed by atoms with van der Waals surface area (Å²) in [6.45, 7) is 2.77. The van der Waals surface area contributed by atoms with Gasteiger partial charge in [0.15, 0.2) is 11.6 Å². The Morgan fingerprint density at radius 2 is 1.61 bits per heavy atom. The van der Waals surface area contributed by atoms with E-state index in [-0.39, 0.29) is 28.7 Å². The van der Waals surface area contributed by atoms with Crippen LogP contribution in [-0.2, 0) is 12.7 Å². The first-order valence-corrected chi connectivity index (χ1v) is 11.7. The molecule has 196 valence electrons. The standard InChI is InChI=1S/C27H21F5N4O2/c28-22-9-8-20(15-23(22)29)26(37)36-12-10-35(11-13-36)16-17-4-6-18(7-5-17)24-33-25(38-34-24)19-2-1-3-21(14-19)27(30,31)32/h1-9,14-15H,10-13,16H2. The third-order valence-corrected chi connectivity index (χ3v) is 6.31. The van der Waals surface area contributed by atoms with Gasteiger partial charge in [0.1, 0.15) is 0 Å². The first kappa shape index (κ1) is 25.5. The van der Waals surface area contributed by atoms with Crippen LogP contribution in [0.3, 0.4) is 0 Å². The van der Waals surface area contributed by atoms with Crippen LogP contribution in [0, 0.1) is 11.6 Å². The molecule has 11 heteroatoms. The van der Waals surface area contributed by atoms with Gasteiger partial charge in [0.25, 0.3) is 11.8 Å². The SMILES string of the molecule is O=C(c1ccc(F)c(F)c1)N1CCN(Cc2ccc(-c3noc(-c4cccc(C(F)(F)F)c4)n3)cc2)CC1. The topological polar surface area (TPSA) is 62.5 Å². The summed E-state index contributed by atoms with van der Waals surface area (Å²) < 4.78 is 70.8. The molecule has 0 bridgehead atoms. The number of halogens is 5. The van der Waals surface area contributed by atoms with E-state index in [1.807, 2.05) is 12.1 Å². The molecule has 1 saturated heterocycles. The van der Waals surface area contributed by atoms with Crippen molar-refractivity contribution in [3.63, 3.8) is 0 Å². The first-order valence-electron chi connectivity index (χ1n) is 11.7. The number of carbonyl (C=O) groups excluding carboxylic acids is 1. The van der Waals surface area contributed by atoms with Gasteiger partial charge in [-0.1, -0.05) is 35.5 Å². The largest absolute Gasteiger partial charge is 0.416 e. The van der Waals surface area contributed by atoms with Crippen molar-refractivity contribution in [2.24, 2.45) is 0 Å². The van der Waals surface area contributed by atoms with E-state index in [1.54, 1.807) is 17.0 Å². The van der Waals surface area contributed by atoms with Crippen molar-refractivity contribution in [1.29, 1.82) is 0 Å². The van der Waals surface area contributed by atoms with Gasteiger partial charge in [0.05, 0.1) is 5.56 Å². The Balaban J connectivity index is 1.18. The normalized spacial score (nSPS) is 14.6. The molecule has 0 N–H and O–H groups in total. The minimum Gasteiger partial charge on any atom is -0.336 e. The summed E-state index contributed by atoms with van der Waals surface area (Å²) in [7, 11) is 0. The molecule has 2 heterocycles. The molecule has 0 radical (unpaired) electrons. The molecule has 1 aromatic heterocycles. The molecule has 1 aliphatic heterocycles. The van der Waals surface area contributed by atoms with Crippen LogP contribution in [0.2, 0.25) is 0 Å². The maximum Gasteiger partial charge on any atom is 0.416 e. The molecule has 1 amide bonds. The van der Waals surface area contributed by atoms with Gasteiger partial charge >= 0.3 is 6.18 Å². The van der Waals surface area contributed by atoms with Gasteiger partial charge < -0.3 is 9.42 Å². The van der Waals surface area contributed by atoms with Crippen LogP contribution in [0.4, 0.5) is 22.0 Å². The van der Waals surface area contributed by atoms with Gasteiger partial charge in [0.2, 0.25) is 5.82 Å². The summed E-state index contributed by atoms with van der Waals surface area (Å²) in [5.74, 6) is -2.13. The number of carbonyl (C=O) groups is 1. The summed E-state index contributed by atoms with van der Waals surface area (Å²) in [6.07, 6.45) is -4.47. The number of alkyl halides is 3. The Labute approximate surface area is 214 Å². The highest BCUT2D eigenvalue weighted by molar-refractivity contribution is 5.94. The summed E-state index contributed by atoms with van der Waals surface area (Å²) in [5.41, 5.74) is 1.16. The lowest BCUT2D eigenvalue weighted by Gasteiger charge is -2.34. The molecule has 6 nitrogen and oxygen atoms in total. The van der Waals surface area contributed by atoms with E-state index in [4.69, 9.17) is 4.52 Å². The summed E-state index contributed by atoms with van der Waals surface area (Å²) in [4.78, 5) is 20.6. The number of aromatic nitrogens is 2. The van der Waals surface area contributed by atoms with Gasteiger partial charge in [-0.25, -0.2) is 8.78 Å². The van der Waals surface area contributed by atoms with Crippen LogP contribution in [0.25, 0.3) is 22.8 Å². The van der Waals surface area contributed by atoms with Crippen molar-refractivity contribution >= 4 is 5.91 Å². The van der Waals surface area contributed by atoms with Crippen molar-refractivity contribution < 1.29 is 31.3 Å². The predicted octanol–water partition coefficient (Wildman–Crippen LogP) is 5.66. The van der Waals surface area contributed by atoms with Crippen molar-refractivity contribution in [2.45, 2.75) is 12.7 Å². The molecule has 5 rings (SSSR count). The van der Waals surface area contributed by atoms with Gasteiger partial charge in [-0.05, 0) is 42.0 Å². The number of piperazine rings is 1. The molecule has 1 aliphatic rings.